The normalized spacial score (nSPS) is 11.5. The van der Waals surface area contributed by atoms with E-state index in [9.17, 15) is 5.11 Å². The number of benzene rings is 1. The van der Waals surface area contributed by atoms with Crippen LogP contribution in [0, 0.1) is 0 Å². The van der Waals surface area contributed by atoms with Gasteiger partial charge in [-0.25, -0.2) is 0 Å². The van der Waals surface area contributed by atoms with E-state index in [1.54, 1.807) is 6.07 Å². The van der Waals surface area contributed by atoms with E-state index < -0.39 is 0 Å². The lowest BCUT2D eigenvalue weighted by Gasteiger charge is -2.21. The van der Waals surface area contributed by atoms with Gasteiger partial charge in [0.2, 0.25) is 0 Å². The Hall–Kier alpha value is -0.770. The average Bonchev–Trinajstić information content (AvgIpc) is 2.39. The smallest absolute Gasteiger partial charge is 0.134 e. The molecule has 0 amide bonds. The van der Waals surface area contributed by atoms with Gasteiger partial charge in [-0.2, -0.15) is 0 Å². The topological polar surface area (TPSA) is 26.7 Å². The summed E-state index contributed by atoms with van der Waals surface area (Å²) in [7, 11) is 2.11. The fraction of sp³-hybridized carbons (Fsp3) is 0.600. The predicted molar refractivity (Wildman–Crippen MR) is 81.9 cm³/mol. The quantitative estimate of drug-likeness (QED) is 0.794. The lowest BCUT2D eigenvalue weighted by molar-refractivity contribution is 0.259. The van der Waals surface area contributed by atoms with Crippen LogP contribution >= 0.6 is 11.6 Å². The molecule has 3 nitrogen and oxygen atoms in total. The predicted octanol–water partition coefficient (Wildman–Crippen LogP) is 3.21. The van der Waals surface area contributed by atoms with Crippen LogP contribution in [0.3, 0.4) is 0 Å². The molecule has 1 N–H and O–H groups in total. The van der Waals surface area contributed by atoms with Crippen molar-refractivity contribution in [2.24, 2.45) is 0 Å². The van der Waals surface area contributed by atoms with Crippen LogP contribution in [0.1, 0.15) is 25.8 Å². The van der Waals surface area contributed by atoms with Gasteiger partial charge in [0.05, 0.1) is 5.02 Å². The van der Waals surface area contributed by atoms with Crippen LogP contribution in [0.25, 0.3) is 0 Å². The Morgan fingerprint density at radius 2 is 1.84 bits per heavy atom. The molecule has 0 heterocycles. The van der Waals surface area contributed by atoms with E-state index in [1.165, 1.54) is 6.42 Å². The second-order valence-corrected chi connectivity index (χ2v) is 5.31. The van der Waals surface area contributed by atoms with Crippen LogP contribution in [0.15, 0.2) is 18.2 Å². The molecule has 1 aromatic rings. The van der Waals surface area contributed by atoms with E-state index in [2.05, 4.69) is 30.7 Å². The molecule has 0 aliphatic heterocycles. The molecule has 0 aliphatic rings. The zero-order valence-corrected chi connectivity index (χ0v) is 13.0. The maximum atomic E-state index is 9.38. The van der Waals surface area contributed by atoms with Crippen molar-refractivity contribution >= 4 is 11.6 Å². The summed E-state index contributed by atoms with van der Waals surface area (Å²) in [5.41, 5.74) is 1.13. The summed E-state index contributed by atoms with van der Waals surface area (Å²) in [6, 6.07) is 5.40. The molecule has 0 spiro atoms. The fourth-order valence-electron chi connectivity index (χ4n) is 2.14. The number of nitrogens with zero attached hydrogens (tertiary/aromatic N) is 2. The molecule has 4 heteroatoms. The van der Waals surface area contributed by atoms with Gasteiger partial charge in [-0.15, -0.1) is 0 Å². The standard InChI is InChI=1S/C15H25ClN2O/c1-4-18(5-2)10-6-9-17(3)12-13-7-8-15(19)14(16)11-13/h7-8,11,19H,4-6,9-10,12H2,1-3H3. The molecule has 0 fully saturated rings. The van der Waals surface area contributed by atoms with Gasteiger partial charge < -0.3 is 14.9 Å². The Kier molecular flexibility index (Phi) is 7.21. The van der Waals surface area contributed by atoms with Crippen molar-refractivity contribution in [3.63, 3.8) is 0 Å². The number of halogens is 1. The highest BCUT2D eigenvalue weighted by Crippen LogP contribution is 2.24. The van der Waals surface area contributed by atoms with Crippen LogP contribution in [0.5, 0.6) is 5.75 Å². The van der Waals surface area contributed by atoms with Gasteiger partial charge in [-0.1, -0.05) is 31.5 Å². The Balaban J connectivity index is 2.34. The van der Waals surface area contributed by atoms with Crippen LogP contribution in [0.4, 0.5) is 0 Å². The minimum absolute atomic E-state index is 0.148. The number of phenols is 1. The molecule has 0 saturated heterocycles. The highest BCUT2D eigenvalue weighted by atomic mass is 35.5. The number of hydrogen-bond acceptors (Lipinski definition) is 3. The first-order valence-corrected chi connectivity index (χ1v) is 7.32. The highest BCUT2D eigenvalue weighted by molar-refractivity contribution is 6.32. The summed E-state index contributed by atoms with van der Waals surface area (Å²) >= 11 is 5.91. The van der Waals surface area contributed by atoms with E-state index in [4.69, 9.17) is 11.6 Å². The number of hydrogen-bond donors (Lipinski definition) is 1. The SMILES string of the molecule is CCN(CC)CCCN(C)Cc1ccc(O)c(Cl)c1. The lowest BCUT2D eigenvalue weighted by atomic mass is 10.2. The molecule has 0 atom stereocenters. The van der Waals surface area contributed by atoms with E-state index in [0.717, 1.165) is 38.3 Å². The minimum atomic E-state index is 0.148. The summed E-state index contributed by atoms with van der Waals surface area (Å²) in [6.07, 6.45) is 1.17. The summed E-state index contributed by atoms with van der Waals surface area (Å²) in [5, 5.41) is 9.81. The molecule has 19 heavy (non-hydrogen) atoms. The second-order valence-electron chi connectivity index (χ2n) is 4.90. The molecule has 0 aliphatic carbocycles. The summed E-state index contributed by atoms with van der Waals surface area (Å²) in [5.74, 6) is 0.148. The Morgan fingerprint density at radius 1 is 1.16 bits per heavy atom. The van der Waals surface area contributed by atoms with Gasteiger partial charge in [0, 0.05) is 6.54 Å². The average molecular weight is 285 g/mol. The molecule has 0 radical (unpaired) electrons. The van der Waals surface area contributed by atoms with Gasteiger partial charge >= 0.3 is 0 Å². The summed E-state index contributed by atoms with van der Waals surface area (Å²) < 4.78 is 0. The van der Waals surface area contributed by atoms with Crippen LogP contribution in [0.2, 0.25) is 5.02 Å². The Bertz CT molecular complexity index is 380. The summed E-state index contributed by atoms with van der Waals surface area (Å²) in [6.45, 7) is 9.71. The van der Waals surface area contributed by atoms with Crippen molar-refractivity contribution in [2.75, 3.05) is 33.2 Å². The van der Waals surface area contributed by atoms with Crippen molar-refractivity contribution in [3.05, 3.63) is 28.8 Å². The van der Waals surface area contributed by atoms with Gasteiger partial charge in [-0.3, -0.25) is 0 Å². The molecule has 1 rings (SSSR count). The van der Waals surface area contributed by atoms with Gasteiger partial charge in [0.1, 0.15) is 5.75 Å². The Labute approximate surface area is 121 Å². The first-order chi connectivity index (χ1) is 9.06. The maximum Gasteiger partial charge on any atom is 0.134 e. The third-order valence-corrected chi connectivity index (χ3v) is 3.68. The first-order valence-electron chi connectivity index (χ1n) is 6.95. The molecule has 0 saturated carbocycles. The monoisotopic (exact) mass is 284 g/mol. The van der Waals surface area contributed by atoms with E-state index >= 15 is 0 Å². The van der Waals surface area contributed by atoms with Crippen molar-refractivity contribution in [3.8, 4) is 5.75 Å². The van der Waals surface area contributed by atoms with Crippen LogP contribution in [-0.4, -0.2) is 48.1 Å². The van der Waals surface area contributed by atoms with Gasteiger partial charge in [-0.05, 0) is 57.3 Å². The van der Waals surface area contributed by atoms with Crippen LogP contribution in [-0.2, 0) is 6.54 Å². The second kappa shape index (κ2) is 8.41. The third kappa shape index (κ3) is 5.81. The molecular weight excluding hydrogens is 260 g/mol. The van der Waals surface area contributed by atoms with Gasteiger partial charge in [0.15, 0.2) is 0 Å². The van der Waals surface area contributed by atoms with E-state index in [0.29, 0.717) is 5.02 Å². The third-order valence-electron chi connectivity index (χ3n) is 3.37. The van der Waals surface area contributed by atoms with E-state index in [-0.39, 0.29) is 5.75 Å². The number of phenolic OH excluding ortho intramolecular Hbond substituents is 1. The largest absolute Gasteiger partial charge is 0.506 e. The minimum Gasteiger partial charge on any atom is -0.506 e. The fourth-order valence-corrected chi connectivity index (χ4v) is 2.35. The zero-order valence-electron chi connectivity index (χ0n) is 12.2. The van der Waals surface area contributed by atoms with Crippen LogP contribution < -0.4 is 0 Å². The molecule has 0 bridgehead atoms. The molecule has 0 unspecified atom stereocenters. The number of aromatic hydroxyl groups is 1. The van der Waals surface area contributed by atoms with E-state index in [1.807, 2.05) is 12.1 Å². The van der Waals surface area contributed by atoms with Crippen molar-refractivity contribution in [1.82, 2.24) is 9.80 Å². The highest BCUT2D eigenvalue weighted by Gasteiger charge is 2.05. The molecule has 0 aromatic heterocycles. The zero-order chi connectivity index (χ0) is 14.3. The van der Waals surface area contributed by atoms with Gasteiger partial charge in [0.25, 0.3) is 0 Å². The summed E-state index contributed by atoms with van der Waals surface area (Å²) in [4.78, 5) is 4.72. The maximum absolute atomic E-state index is 9.38. The number of rotatable bonds is 8. The Morgan fingerprint density at radius 3 is 2.42 bits per heavy atom. The lowest BCUT2D eigenvalue weighted by Crippen LogP contribution is -2.28. The molecule has 108 valence electrons. The van der Waals surface area contributed by atoms with Crippen molar-refractivity contribution in [2.45, 2.75) is 26.8 Å². The van der Waals surface area contributed by atoms with Crippen molar-refractivity contribution < 1.29 is 5.11 Å². The molecular formula is C15H25ClN2O. The molecule has 1 aromatic carbocycles. The van der Waals surface area contributed by atoms with Crippen molar-refractivity contribution in [1.29, 1.82) is 0 Å². The first kappa shape index (κ1) is 16.3.